The monoisotopic (exact) mass is 336 g/mol. The number of carboxylic acid groups (broad SMARTS) is 1. The molecule has 1 saturated heterocycles. The molecule has 0 amide bonds. The van der Waals surface area contributed by atoms with Crippen LogP contribution in [0.5, 0.6) is 5.75 Å². The number of benzene rings is 1. The number of ether oxygens (including phenoxy) is 2. The maximum atomic E-state index is 13.5. The lowest BCUT2D eigenvalue weighted by Gasteiger charge is -2.14. The Morgan fingerprint density at radius 1 is 1.47 bits per heavy atom. The number of aliphatic carboxylic acids is 1. The van der Waals surface area contributed by atoms with E-state index in [-0.39, 0.29) is 16.8 Å². The molecule has 19 heavy (non-hydrogen) atoms. The minimum absolute atomic E-state index is 0.0188. The highest BCUT2D eigenvalue weighted by Gasteiger charge is 2.31. The molecular formula is C12H11BrF2O4. The Morgan fingerprint density at radius 2 is 2.21 bits per heavy atom. The predicted molar refractivity (Wildman–Crippen MR) is 65.1 cm³/mol. The van der Waals surface area contributed by atoms with Crippen LogP contribution < -0.4 is 4.74 Å². The van der Waals surface area contributed by atoms with Gasteiger partial charge in [0.2, 0.25) is 0 Å². The molecule has 0 aliphatic carbocycles. The van der Waals surface area contributed by atoms with Crippen LogP contribution in [0.15, 0.2) is 16.6 Å². The molecule has 1 N–H and O–H groups in total. The zero-order chi connectivity index (χ0) is 14.0. The predicted octanol–water partition coefficient (Wildman–Crippen LogP) is 2.74. The molecule has 0 radical (unpaired) electrons. The van der Waals surface area contributed by atoms with Crippen LogP contribution in [0.3, 0.4) is 0 Å². The van der Waals surface area contributed by atoms with Gasteiger partial charge in [-0.3, -0.25) is 0 Å². The molecule has 2 rings (SSSR count). The van der Waals surface area contributed by atoms with Gasteiger partial charge < -0.3 is 14.6 Å². The van der Waals surface area contributed by atoms with E-state index in [2.05, 4.69) is 15.9 Å². The van der Waals surface area contributed by atoms with Crippen LogP contribution in [-0.2, 0) is 9.53 Å². The van der Waals surface area contributed by atoms with Crippen molar-refractivity contribution in [3.05, 3.63) is 28.2 Å². The number of rotatable bonds is 4. The number of halogens is 3. The van der Waals surface area contributed by atoms with Crippen molar-refractivity contribution < 1.29 is 28.2 Å². The summed E-state index contributed by atoms with van der Waals surface area (Å²) in [7, 11) is 0. The topological polar surface area (TPSA) is 55.8 Å². The van der Waals surface area contributed by atoms with E-state index in [9.17, 15) is 13.6 Å². The highest BCUT2D eigenvalue weighted by molar-refractivity contribution is 9.10. The van der Waals surface area contributed by atoms with Gasteiger partial charge in [0.05, 0.1) is 10.6 Å². The van der Waals surface area contributed by atoms with Gasteiger partial charge in [-0.05, 0) is 34.8 Å². The Morgan fingerprint density at radius 3 is 2.79 bits per heavy atom. The lowest BCUT2D eigenvalue weighted by atomic mass is 10.2. The summed E-state index contributed by atoms with van der Waals surface area (Å²) in [5.41, 5.74) is 0. The van der Waals surface area contributed by atoms with Gasteiger partial charge in [-0.1, -0.05) is 0 Å². The van der Waals surface area contributed by atoms with Crippen molar-refractivity contribution in [1.82, 2.24) is 0 Å². The van der Waals surface area contributed by atoms with Crippen LogP contribution in [0, 0.1) is 11.6 Å². The Kier molecular flexibility index (Phi) is 4.36. The second-order valence-corrected chi connectivity index (χ2v) is 5.03. The minimum atomic E-state index is -1.02. The molecule has 0 bridgehead atoms. The van der Waals surface area contributed by atoms with Crippen molar-refractivity contribution in [1.29, 1.82) is 0 Å². The molecule has 1 aliphatic rings. The minimum Gasteiger partial charge on any atom is -0.487 e. The van der Waals surface area contributed by atoms with Crippen LogP contribution in [0.4, 0.5) is 8.78 Å². The highest BCUT2D eigenvalue weighted by Crippen LogP contribution is 2.30. The molecule has 0 aromatic heterocycles. The summed E-state index contributed by atoms with van der Waals surface area (Å²) in [6.45, 7) is 0.0188. The molecule has 4 nitrogen and oxygen atoms in total. The third-order valence-electron chi connectivity index (χ3n) is 2.76. The zero-order valence-corrected chi connectivity index (χ0v) is 11.3. The molecule has 7 heteroatoms. The molecule has 1 aliphatic heterocycles. The van der Waals surface area contributed by atoms with E-state index in [1.165, 1.54) is 0 Å². The smallest absolute Gasteiger partial charge is 0.332 e. The van der Waals surface area contributed by atoms with E-state index in [0.29, 0.717) is 12.8 Å². The normalized spacial score (nSPS) is 22.5. The lowest BCUT2D eigenvalue weighted by Crippen LogP contribution is -2.23. The van der Waals surface area contributed by atoms with Crippen molar-refractivity contribution in [3.8, 4) is 5.75 Å². The second-order valence-electron chi connectivity index (χ2n) is 4.17. The summed E-state index contributed by atoms with van der Waals surface area (Å²) in [5.74, 6) is -2.65. The molecule has 104 valence electrons. The molecule has 2 atom stereocenters. The maximum Gasteiger partial charge on any atom is 0.332 e. The SMILES string of the molecule is O=C(O)C1CCC(COc2c(F)cc(F)cc2Br)O1. The quantitative estimate of drug-likeness (QED) is 0.918. The summed E-state index contributed by atoms with van der Waals surface area (Å²) < 4.78 is 36.9. The molecule has 1 heterocycles. The van der Waals surface area contributed by atoms with Crippen molar-refractivity contribution in [3.63, 3.8) is 0 Å². The lowest BCUT2D eigenvalue weighted by molar-refractivity contribution is -0.149. The third kappa shape index (κ3) is 3.42. The fourth-order valence-corrected chi connectivity index (χ4v) is 2.38. The fraction of sp³-hybridized carbons (Fsp3) is 0.417. The summed E-state index contributed by atoms with van der Waals surface area (Å²) in [6, 6.07) is 1.81. The molecular weight excluding hydrogens is 326 g/mol. The van der Waals surface area contributed by atoms with Crippen LogP contribution in [0.1, 0.15) is 12.8 Å². The van der Waals surface area contributed by atoms with Gasteiger partial charge in [0.1, 0.15) is 12.4 Å². The average Bonchev–Trinajstić information content (AvgIpc) is 2.76. The fourth-order valence-electron chi connectivity index (χ4n) is 1.85. The molecule has 0 spiro atoms. The number of hydrogen-bond donors (Lipinski definition) is 1. The standard InChI is InChI=1S/C12H11BrF2O4/c13-8-3-6(14)4-9(15)11(8)18-5-7-1-2-10(19-7)12(16)17/h3-4,7,10H,1-2,5H2,(H,16,17). The Hall–Kier alpha value is -1.21. The molecule has 1 fully saturated rings. The highest BCUT2D eigenvalue weighted by atomic mass is 79.9. The average molecular weight is 337 g/mol. The van der Waals surface area contributed by atoms with E-state index in [1.807, 2.05) is 0 Å². The van der Waals surface area contributed by atoms with Gasteiger partial charge in [-0.15, -0.1) is 0 Å². The Labute approximate surface area is 116 Å². The largest absolute Gasteiger partial charge is 0.487 e. The van der Waals surface area contributed by atoms with Crippen LogP contribution >= 0.6 is 15.9 Å². The maximum absolute atomic E-state index is 13.5. The van der Waals surface area contributed by atoms with Gasteiger partial charge >= 0.3 is 5.97 Å². The van der Waals surface area contributed by atoms with E-state index >= 15 is 0 Å². The summed E-state index contributed by atoms with van der Waals surface area (Å²) in [5, 5.41) is 8.76. The number of carboxylic acids is 1. The van der Waals surface area contributed by atoms with Gasteiger partial charge in [-0.25, -0.2) is 13.6 Å². The third-order valence-corrected chi connectivity index (χ3v) is 3.35. The number of carbonyl (C=O) groups is 1. The summed E-state index contributed by atoms with van der Waals surface area (Å²) in [4.78, 5) is 10.7. The van der Waals surface area contributed by atoms with Crippen molar-refractivity contribution in [2.24, 2.45) is 0 Å². The second kappa shape index (κ2) is 5.83. The van der Waals surface area contributed by atoms with Crippen molar-refractivity contribution in [2.75, 3.05) is 6.61 Å². The zero-order valence-electron chi connectivity index (χ0n) is 9.74. The van der Waals surface area contributed by atoms with E-state index in [4.69, 9.17) is 14.6 Å². The first-order valence-corrected chi connectivity index (χ1v) is 6.42. The van der Waals surface area contributed by atoms with E-state index in [0.717, 1.165) is 12.1 Å². The molecule has 2 unspecified atom stereocenters. The van der Waals surface area contributed by atoms with Crippen LogP contribution in [-0.4, -0.2) is 29.9 Å². The molecule has 0 saturated carbocycles. The summed E-state index contributed by atoms with van der Waals surface area (Å²) >= 11 is 3.00. The summed E-state index contributed by atoms with van der Waals surface area (Å²) in [6.07, 6.45) is -0.319. The number of hydrogen-bond acceptors (Lipinski definition) is 3. The van der Waals surface area contributed by atoms with Gasteiger partial charge in [0.15, 0.2) is 17.7 Å². The first-order valence-electron chi connectivity index (χ1n) is 5.63. The van der Waals surface area contributed by atoms with Gasteiger partial charge in [-0.2, -0.15) is 0 Å². The van der Waals surface area contributed by atoms with E-state index < -0.39 is 29.8 Å². The van der Waals surface area contributed by atoms with Gasteiger partial charge in [0, 0.05) is 6.07 Å². The van der Waals surface area contributed by atoms with Gasteiger partial charge in [0.25, 0.3) is 0 Å². The van der Waals surface area contributed by atoms with Crippen molar-refractivity contribution >= 4 is 21.9 Å². The Bertz CT molecular complexity index is 472. The first kappa shape index (κ1) is 14.2. The van der Waals surface area contributed by atoms with Crippen molar-refractivity contribution in [2.45, 2.75) is 25.0 Å². The Balaban J connectivity index is 1.95. The first-order chi connectivity index (χ1) is 8.97. The molecule has 1 aromatic rings. The van der Waals surface area contributed by atoms with Crippen LogP contribution in [0.25, 0.3) is 0 Å². The van der Waals surface area contributed by atoms with Crippen LogP contribution in [0.2, 0.25) is 0 Å². The van der Waals surface area contributed by atoms with E-state index in [1.54, 1.807) is 0 Å². The molecule has 1 aromatic carbocycles.